The zero-order valence-corrected chi connectivity index (χ0v) is 25.9. The first-order valence-corrected chi connectivity index (χ1v) is 15.4. The van der Waals surface area contributed by atoms with Crippen LogP contribution in [0.1, 0.15) is 42.3 Å². The number of benzene rings is 3. The van der Waals surface area contributed by atoms with Crippen molar-refractivity contribution < 1.29 is 4.79 Å². The number of aromatic nitrogens is 7. The average molecular weight is 621 g/mol. The van der Waals surface area contributed by atoms with Crippen LogP contribution in [0.3, 0.4) is 0 Å². The molecule has 10 heteroatoms. The van der Waals surface area contributed by atoms with Crippen LogP contribution in [-0.4, -0.2) is 39.6 Å². The molecule has 7 rings (SSSR count). The third kappa shape index (κ3) is 5.39. The first-order chi connectivity index (χ1) is 22.9. The Balaban J connectivity index is 1.34. The maximum absolute atomic E-state index is 13.7. The molecule has 0 radical (unpaired) electrons. The molecule has 47 heavy (non-hydrogen) atoms. The van der Waals surface area contributed by atoms with Crippen LogP contribution in [0, 0.1) is 0 Å². The molecule has 0 saturated heterocycles. The molecule has 0 spiro atoms. The minimum atomic E-state index is -0.720. The summed E-state index contributed by atoms with van der Waals surface area (Å²) < 4.78 is 5.15. The lowest BCUT2D eigenvalue weighted by Gasteiger charge is -2.37. The lowest BCUT2D eigenvalue weighted by atomic mass is 9.77. The SMILES string of the molecule is CC(C)c1nn(CC(=O)Nc2ccncn2)c(=O)c2cc(-c3cn(C(c4ccccc4)(c4ccccc4)c4ccccc4)cn3)cn12. The molecule has 0 saturated carbocycles. The second kappa shape index (κ2) is 12.3. The lowest BCUT2D eigenvalue weighted by Crippen LogP contribution is -2.36. The molecular weight excluding hydrogens is 588 g/mol. The monoisotopic (exact) mass is 620 g/mol. The molecule has 232 valence electrons. The fraction of sp³-hybridized carbons (Fsp3) is 0.135. The Labute approximate surface area is 271 Å². The van der Waals surface area contributed by atoms with Gasteiger partial charge >= 0.3 is 0 Å². The van der Waals surface area contributed by atoms with Crippen LogP contribution in [0.2, 0.25) is 0 Å². The highest BCUT2D eigenvalue weighted by atomic mass is 16.2. The van der Waals surface area contributed by atoms with Crippen LogP contribution in [0.15, 0.2) is 139 Å². The summed E-state index contributed by atoms with van der Waals surface area (Å²) in [7, 11) is 0. The highest BCUT2D eigenvalue weighted by Gasteiger charge is 2.38. The van der Waals surface area contributed by atoms with Gasteiger partial charge in [0.15, 0.2) is 0 Å². The minimum Gasteiger partial charge on any atom is -0.318 e. The molecule has 0 bridgehead atoms. The highest BCUT2D eigenvalue weighted by Crippen LogP contribution is 2.41. The molecular formula is C37H32N8O2. The predicted octanol–water partition coefficient (Wildman–Crippen LogP) is 5.75. The summed E-state index contributed by atoms with van der Waals surface area (Å²) in [6, 6.07) is 34.6. The van der Waals surface area contributed by atoms with Crippen molar-refractivity contribution in [2.75, 3.05) is 5.32 Å². The fourth-order valence-corrected chi connectivity index (χ4v) is 6.13. The van der Waals surface area contributed by atoms with E-state index in [-0.39, 0.29) is 18.0 Å². The summed E-state index contributed by atoms with van der Waals surface area (Å²) in [6.45, 7) is 3.74. The van der Waals surface area contributed by atoms with Crippen molar-refractivity contribution in [3.63, 3.8) is 0 Å². The van der Waals surface area contributed by atoms with Crippen molar-refractivity contribution in [3.8, 4) is 11.3 Å². The van der Waals surface area contributed by atoms with E-state index in [9.17, 15) is 9.59 Å². The zero-order chi connectivity index (χ0) is 32.4. The highest BCUT2D eigenvalue weighted by molar-refractivity contribution is 5.89. The number of carbonyl (C=O) groups excluding carboxylic acids is 1. The van der Waals surface area contributed by atoms with E-state index in [0.717, 1.165) is 22.3 Å². The third-order valence-electron chi connectivity index (χ3n) is 8.24. The van der Waals surface area contributed by atoms with Crippen LogP contribution in [0.4, 0.5) is 5.82 Å². The maximum atomic E-state index is 13.7. The van der Waals surface area contributed by atoms with Gasteiger partial charge in [-0.1, -0.05) is 105 Å². The van der Waals surface area contributed by atoms with Gasteiger partial charge in [-0.25, -0.2) is 19.6 Å². The second-order valence-corrected chi connectivity index (χ2v) is 11.6. The quantitative estimate of drug-likeness (QED) is 0.206. The van der Waals surface area contributed by atoms with Gasteiger partial charge in [-0.05, 0) is 28.8 Å². The van der Waals surface area contributed by atoms with Crippen LogP contribution < -0.4 is 10.9 Å². The molecule has 0 aliphatic heterocycles. The van der Waals surface area contributed by atoms with Gasteiger partial charge in [0.05, 0.1) is 12.0 Å². The van der Waals surface area contributed by atoms with E-state index in [0.29, 0.717) is 22.9 Å². The van der Waals surface area contributed by atoms with Crippen LogP contribution in [-0.2, 0) is 16.9 Å². The molecule has 0 fully saturated rings. The van der Waals surface area contributed by atoms with E-state index < -0.39 is 11.4 Å². The fourth-order valence-electron chi connectivity index (χ4n) is 6.13. The van der Waals surface area contributed by atoms with E-state index in [2.05, 4.69) is 61.3 Å². The molecule has 10 nitrogen and oxygen atoms in total. The summed E-state index contributed by atoms with van der Waals surface area (Å²) in [6.07, 6.45) is 8.64. The lowest BCUT2D eigenvalue weighted by molar-refractivity contribution is -0.117. The van der Waals surface area contributed by atoms with Crippen molar-refractivity contribution in [1.29, 1.82) is 0 Å². The normalized spacial score (nSPS) is 11.6. The van der Waals surface area contributed by atoms with Crippen molar-refractivity contribution >= 4 is 17.2 Å². The summed E-state index contributed by atoms with van der Waals surface area (Å²) >= 11 is 0. The Kier molecular flexibility index (Phi) is 7.75. The van der Waals surface area contributed by atoms with E-state index in [1.165, 1.54) is 17.2 Å². The number of hydrogen-bond donors (Lipinski definition) is 1. The van der Waals surface area contributed by atoms with Crippen LogP contribution in [0.5, 0.6) is 0 Å². The standard InChI is InChI=1S/C37H32N8O2/c1-26(2)35-42-45(23-34(46)41-33-18-19-38-24-39-33)36(47)32-20-27(21-44(32)35)31-22-43(25-40-31)37(28-12-6-3-7-13-28,29-14-8-4-9-15-29)30-16-10-5-11-17-30/h3-22,24-26H,23H2,1-2H3,(H,38,39,41,46). The van der Waals surface area contributed by atoms with Crippen LogP contribution >= 0.6 is 0 Å². The van der Waals surface area contributed by atoms with Gasteiger partial charge in [-0.15, -0.1) is 0 Å². The zero-order valence-electron chi connectivity index (χ0n) is 25.9. The van der Waals surface area contributed by atoms with Gasteiger partial charge in [0, 0.05) is 30.1 Å². The number of rotatable bonds is 9. The van der Waals surface area contributed by atoms with Crippen molar-refractivity contribution in [3.05, 3.63) is 167 Å². The van der Waals surface area contributed by atoms with E-state index in [1.807, 2.05) is 93.2 Å². The van der Waals surface area contributed by atoms with Gasteiger partial charge < -0.3 is 9.88 Å². The summed E-state index contributed by atoms with van der Waals surface area (Å²) in [5, 5.41) is 7.29. The number of hydrogen-bond acceptors (Lipinski definition) is 6. The Morgan fingerprint density at radius 3 is 2.00 bits per heavy atom. The number of amides is 1. The van der Waals surface area contributed by atoms with Crippen molar-refractivity contribution in [2.24, 2.45) is 0 Å². The molecule has 0 unspecified atom stereocenters. The number of nitrogens with one attached hydrogen (secondary N) is 1. The van der Waals surface area contributed by atoms with Gasteiger partial charge in [0.2, 0.25) is 5.91 Å². The molecule has 4 aromatic heterocycles. The molecule has 3 aromatic carbocycles. The smallest absolute Gasteiger partial charge is 0.291 e. The Hall–Kier alpha value is -6.16. The molecule has 1 amide bonds. The van der Waals surface area contributed by atoms with Crippen LogP contribution in [0.25, 0.3) is 16.8 Å². The van der Waals surface area contributed by atoms with Gasteiger partial charge in [-0.2, -0.15) is 5.10 Å². The first kappa shape index (κ1) is 29.5. The van der Waals surface area contributed by atoms with Gasteiger partial charge in [0.25, 0.3) is 5.56 Å². The molecule has 0 aliphatic carbocycles. The minimum absolute atomic E-state index is 0.0334. The van der Waals surface area contributed by atoms with Gasteiger partial charge in [0.1, 0.15) is 35.6 Å². The van der Waals surface area contributed by atoms with E-state index in [1.54, 1.807) is 10.5 Å². The number of anilines is 1. The maximum Gasteiger partial charge on any atom is 0.291 e. The number of fused-ring (bicyclic) bond motifs is 1. The Morgan fingerprint density at radius 1 is 0.830 bits per heavy atom. The molecule has 7 aromatic rings. The van der Waals surface area contributed by atoms with E-state index in [4.69, 9.17) is 4.98 Å². The molecule has 0 atom stereocenters. The summed E-state index contributed by atoms with van der Waals surface area (Å²) in [5.41, 5.74) is 4.00. The Bertz CT molecular complexity index is 2110. The van der Waals surface area contributed by atoms with Crippen molar-refractivity contribution in [2.45, 2.75) is 31.8 Å². The predicted molar refractivity (Wildman–Crippen MR) is 180 cm³/mol. The second-order valence-electron chi connectivity index (χ2n) is 11.6. The third-order valence-corrected chi connectivity index (χ3v) is 8.24. The topological polar surface area (TPSA) is 112 Å². The molecule has 0 aliphatic rings. The Morgan fingerprint density at radius 2 is 1.45 bits per heavy atom. The molecule has 4 heterocycles. The first-order valence-electron chi connectivity index (χ1n) is 15.4. The summed E-state index contributed by atoms with van der Waals surface area (Å²) in [4.78, 5) is 39.3. The van der Waals surface area contributed by atoms with Gasteiger partial charge in [-0.3, -0.25) is 14.0 Å². The van der Waals surface area contributed by atoms with Crippen molar-refractivity contribution in [1.82, 2.24) is 33.7 Å². The summed E-state index contributed by atoms with van der Waals surface area (Å²) in [5.74, 6) is 0.546. The van der Waals surface area contributed by atoms with E-state index >= 15 is 0 Å². The largest absolute Gasteiger partial charge is 0.318 e. The molecule has 1 N–H and O–H groups in total. The number of imidazole rings is 1. The number of nitrogens with zero attached hydrogens (tertiary/aromatic N) is 7. The number of carbonyl (C=O) groups is 1. The average Bonchev–Trinajstić information content (AvgIpc) is 3.77.